The lowest BCUT2D eigenvalue weighted by Gasteiger charge is -2.27. The minimum atomic E-state index is 0. The van der Waals surface area contributed by atoms with Gasteiger partial charge in [-0.3, -0.25) is 4.79 Å². The van der Waals surface area contributed by atoms with Crippen molar-refractivity contribution in [3.8, 4) is 0 Å². The quantitative estimate of drug-likeness (QED) is 0.729. The summed E-state index contributed by atoms with van der Waals surface area (Å²) in [7, 11) is 0. The highest BCUT2D eigenvalue weighted by atomic mass is 79.9. The molecule has 0 bridgehead atoms. The Labute approximate surface area is 85.1 Å². The molecule has 0 atom stereocenters. The predicted octanol–water partition coefficient (Wildman–Crippen LogP) is 1.89. The van der Waals surface area contributed by atoms with E-state index in [1.807, 2.05) is 0 Å². The molecule has 2 nitrogen and oxygen atoms in total. The SMILES string of the molecule is Br.CC(C)CN1CCC(=O)CC1. The van der Waals surface area contributed by atoms with Crippen LogP contribution in [0, 0.1) is 5.92 Å². The lowest BCUT2D eigenvalue weighted by molar-refractivity contribution is -0.121. The zero-order valence-electron chi connectivity index (χ0n) is 7.88. The lowest BCUT2D eigenvalue weighted by Crippen LogP contribution is -2.36. The summed E-state index contributed by atoms with van der Waals surface area (Å²) in [5.74, 6) is 1.16. The van der Waals surface area contributed by atoms with Gasteiger partial charge in [0.2, 0.25) is 0 Å². The normalized spacial score (nSPS) is 19.4. The van der Waals surface area contributed by atoms with E-state index >= 15 is 0 Å². The molecule has 1 rings (SSSR count). The van der Waals surface area contributed by atoms with Crippen LogP contribution >= 0.6 is 17.0 Å². The van der Waals surface area contributed by atoms with Gasteiger partial charge >= 0.3 is 0 Å². The summed E-state index contributed by atoms with van der Waals surface area (Å²) in [4.78, 5) is 13.2. The third-order valence-corrected chi connectivity index (χ3v) is 2.04. The Hall–Kier alpha value is 0.110. The highest BCUT2D eigenvalue weighted by Crippen LogP contribution is 2.07. The van der Waals surface area contributed by atoms with E-state index in [0.29, 0.717) is 5.78 Å². The zero-order valence-corrected chi connectivity index (χ0v) is 9.59. The van der Waals surface area contributed by atoms with Crippen LogP contribution in [0.2, 0.25) is 0 Å². The average Bonchev–Trinajstić information content (AvgIpc) is 1.93. The minimum absolute atomic E-state index is 0. The summed E-state index contributed by atoms with van der Waals surface area (Å²) in [6.45, 7) is 7.55. The van der Waals surface area contributed by atoms with Crippen molar-refractivity contribution >= 4 is 22.8 Å². The number of carbonyl (C=O) groups excluding carboxylic acids is 1. The fraction of sp³-hybridized carbons (Fsp3) is 0.889. The molecular weight excluding hydrogens is 218 g/mol. The largest absolute Gasteiger partial charge is 0.302 e. The number of piperidine rings is 1. The van der Waals surface area contributed by atoms with Crippen LogP contribution in [0.5, 0.6) is 0 Å². The second-order valence-corrected chi connectivity index (χ2v) is 3.73. The summed E-state index contributed by atoms with van der Waals surface area (Å²) in [6, 6.07) is 0. The highest BCUT2D eigenvalue weighted by molar-refractivity contribution is 8.93. The third-order valence-electron chi connectivity index (χ3n) is 2.04. The van der Waals surface area contributed by atoms with Crippen molar-refractivity contribution in [1.82, 2.24) is 4.90 Å². The van der Waals surface area contributed by atoms with Crippen LogP contribution in [0.25, 0.3) is 0 Å². The molecule has 0 radical (unpaired) electrons. The molecule has 0 aromatic heterocycles. The maximum Gasteiger partial charge on any atom is 0.135 e. The monoisotopic (exact) mass is 235 g/mol. The fourth-order valence-corrected chi connectivity index (χ4v) is 1.50. The van der Waals surface area contributed by atoms with Crippen molar-refractivity contribution in [3.05, 3.63) is 0 Å². The first-order valence-corrected chi connectivity index (χ1v) is 4.42. The second kappa shape index (κ2) is 5.70. The number of likely N-dealkylation sites (tertiary alicyclic amines) is 1. The van der Waals surface area contributed by atoms with Gasteiger partial charge in [-0.05, 0) is 5.92 Å². The number of rotatable bonds is 2. The van der Waals surface area contributed by atoms with Crippen molar-refractivity contribution in [2.24, 2.45) is 5.92 Å². The highest BCUT2D eigenvalue weighted by Gasteiger charge is 2.15. The first-order valence-electron chi connectivity index (χ1n) is 4.42. The van der Waals surface area contributed by atoms with E-state index in [-0.39, 0.29) is 17.0 Å². The van der Waals surface area contributed by atoms with Crippen LogP contribution in [-0.4, -0.2) is 30.3 Å². The summed E-state index contributed by atoms with van der Waals surface area (Å²) < 4.78 is 0. The first kappa shape index (κ1) is 12.1. The van der Waals surface area contributed by atoms with Crippen molar-refractivity contribution in [2.75, 3.05) is 19.6 Å². The Morgan fingerprint density at radius 1 is 1.33 bits per heavy atom. The molecule has 3 heteroatoms. The van der Waals surface area contributed by atoms with E-state index < -0.39 is 0 Å². The van der Waals surface area contributed by atoms with Crippen LogP contribution in [0.4, 0.5) is 0 Å². The Morgan fingerprint density at radius 2 is 1.83 bits per heavy atom. The minimum Gasteiger partial charge on any atom is -0.302 e. The van der Waals surface area contributed by atoms with Gasteiger partial charge in [-0.1, -0.05) is 13.8 Å². The van der Waals surface area contributed by atoms with Gasteiger partial charge in [-0.15, -0.1) is 17.0 Å². The maximum atomic E-state index is 10.9. The van der Waals surface area contributed by atoms with Gasteiger partial charge in [-0.2, -0.15) is 0 Å². The van der Waals surface area contributed by atoms with Crippen molar-refractivity contribution in [2.45, 2.75) is 26.7 Å². The number of hydrogen-bond donors (Lipinski definition) is 0. The van der Waals surface area contributed by atoms with Gasteiger partial charge in [0.1, 0.15) is 5.78 Å². The molecular formula is C9H18BrNO. The van der Waals surface area contributed by atoms with Crippen LogP contribution in [0.3, 0.4) is 0 Å². The predicted molar refractivity (Wildman–Crippen MR) is 55.8 cm³/mol. The Bertz CT molecular complexity index is 137. The van der Waals surface area contributed by atoms with E-state index in [4.69, 9.17) is 0 Å². The molecule has 0 amide bonds. The van der Waals surface area contributed by atoms with Crippen molar-refractivity contribution in [3.63, 3.8) is 0 Å². The van der Waals surface area contributed by atoms with E-state index in [0.717, 1.165) is 38.4 Å². The Morgan fingerprint density at radius 3 is 2.25 bits per heavy atom. The summed E-state index contributed by atoms with van der Waals surface area (Å²) in [5.41, 5.74) is 0. The molecule has 0 aromatic carbocycles. The van der Waals surface area contributed by atoms with Gasteiger partial charge in [0.05, 0.1) is 0 Å². The van der Waals surface area contributed by atoms with E-state index in [1.165, 1.54) is 0 Å². The standard InChI is InChI=1S/C9H17NO.BrH/c1-8(2)7-10-5-3-9(11)4-6-10;/h8H,3-7H2,1-2H3;1H. The van der Waals surface area contributed by atoms with E-state index in [9.17, 15) is 4.79 Å². The number of Topliss-reactive ketones (excluding diaryl/α,β-unsaturated/α-hetero) is 1. The number of carbonyl (C=O) groups is 1. The van der Waals surface area contributed by atoms with Gasteiger partial charge in [0, 0.05) is 32.5 Å². The summed E-state index contributed by atoms with van der Waals surface area (Å²) >= 11 is 0. The third kappa shape index (κ3) is 4.21. The second-order valence-electron chi connectivity index (χ2n) is 3.73. The summed E-state index contributed by atoms with van der Waals surface area (Å²) in [6.07, 6.45) is 1.54. The molecule has 0 saturated carbocycles. The number of hydrogen-bond acceptors (Lipinski definition) is 2. The summed E-state index contributed by atoms with van der Waals surface area (Å²) in [5, 5.41) is 0. The van der Waals surface area contributed by atoms with E-state index in [1.54, 1.807) is 0 Å². The Kier molecular flexibility index (Phi) is 5.76. The molecule has 0 unspecified atom stereocenters. The molecule has 1 saturated heterocycles. The topological polar surface area (TPSA) is 20.3 Å². The van der Waals surface area contributed by atoms with Crippen molar-refractivity contribution < 1.29 is 4.79 Å². The van der Waals surface area contributed by atoms with Gasteiger partial charge in [0.25, 0.3) is 0 Å². The molecule has 0 aliphatic carbocycles. The van der Waals surface area contributed by atoms with Crippen LogP contribution in [-0.2, 0) is 4.79 Å². The average molecular weight is 236 g/mol. The van der Waals surface area contributed by atoms with Gasteiger partial charge < -0.3 is 4.90 Å². The fourth-order valence-electron chi connectivity index (χ4n) is 1.50. The Balaban J connectivity index is 0.00000121. The number of ketones is 1. The molecule has 0 spiro atoms. The molecule has 72 valence electrons. The number of nitrogens with zero attached hydrogens (tertiary/aromatic N) is 1. The van der Waals surface area contributed by atoms with Crippen LogP contribution < -0.4 is 0 Å². The lowest BCUT2D eigenvalue weighted by atomic mass is 10.1. The van der Waals surface area contributed by atoms with Gasteiger partial charge in [0.15, 0.2) is 0 Å². The van der Waals surface area contributed by atoms with Crippen LogP contribution in [0.15, 0.2) is 0 Å². The molecule has 0 N–H and O–H groups in total. The van der Waals surface area contributed by atoms with Crippen LogP contribution in [0.1, 0.15) is 26.7 Å². The molecule has 0 aromatic rings. The molecule has 1 aliphatic heterocycles. The van der Waals surface area contributed by atoms with E-state index in [2.05, 4.69) is 18.7 Å². The van der Waals surface area contributed by atoms with Crippen molar-refractivity contribution in [1.29, 1.82) is 0 Å². The number of halogens is 1. The first-order chi connectivity index (χ1) is 5.18. The zero-order chi connectivity index (χ0) is 8.27. The molecule has 1 fully saturated rings. The maximum absolute atomic E-state index is 10.9. The van der Waals surface area contributed by atoms with Gasteiger partial charge in [-0.25, -0.2) is 0 Å². The smallest absolute Gasteiger partial charge is 0.135 e. The molecule has 1 heterocycles. The molecule has 12 heavy (non-hydrogen) atoms. The molecule has 1 aliphatic rings.